The number of hydrogen-bond acceptors (Lipinski definition) is 12. The molecule has 10 nitrogen and oxygen atoms in total. The van der Waals surface area contributed by atoms with Crippen LogP contribution in [0.25, 0.3) is 102 Å². The van der Waals surface area contributed by atoms with Crippen molar-refractivity contribution < 1.29 is 9.31 Å². The fourth-order valence-electron chi connectivity index (χ4n) is 16.7. The molecule has 2 aromatic heterocycles. The van der Waals surface area contributed by atoms with Gasteiger partial charge in [0.05, 0.1) is 45.3 Å². The molecule has 5 aliphatic rings. The summed E-state index contributed by atoms with van der Waals surface area (Å²) in [5.41, 5.74) is 22.5. The van der Waals surface area contributed by atoms with Gasteiger partial charge in [-0.3, -0.25) is 0 Å². The van der Waals surface area contributed by atoms with E-state index in [1.807, 2.05) is 187 Å². The van der Waals surface area contributed by atoms with E-state index in [9.17, 15) is 10.5 Å². The number of hydrogen-bond donors (Lipinski definition) is 0. The average Bonchev–Trinajstić information content (AvgIpc) is 1.52. The summed E-state index contributed by atoms with van der Waals surface area (Å²) >= 11 is 7.23. The minimum absolute atomic E-state index is 0.417. The molecule has 1 saturated heterocycles. The lowest BCUT2D eigenvalue weighted by atomic mass is 9.65. The summed E-state index contributed by atoms with van der Waals surface area (Å²) in [5, 5.41) is 20.0. The van der Waals surface area contributed by atoms with Gasteiger partial charge in [0.2, 0.25) is 0 Å². The molecular weight excluding hydrogens is 1500 g/mol. The Balaban J connectivity index is 0.000000123. The van der Waals surface area contributed by atoms with E-state index in [4.69, 9.17) is 39.2 Å². The summed E-state index contributed by atoms with van der Waals surface area (Å²) in [6.07, 6.45) is 0. The highest BCUT2D eigenvalue weighted by Crippen LogP contribution is 2.65. The van der Waals surface area contributed by atoms with E-state index >= 15 is 0 Å². The van der Waals surface area contributed by atoms with Crippen LogP contribution in [0.5, 0.6) is 0 Å². The first-order chi connectivity index (χ1) is 55.8. The molecule has 1 fully saturated rings. The van der Waals surface area contributed by atoms with Crippen LogP contribution in [0.15, 0.2) is 364 Å². The van der Waals surface area contributed by atoms with Gasteiger partial charge in [0.25, 0.3) is 0 Å². The van der Waals surface area contributed by atoms with Crippen molar-refractivity contribution in [3.05, 3.63) is 400 Å². The normalized spacial score (nSPS) is 14.5. The molecule has 542 valence electrons. The van der Waals surface area contributed by atoms with E-state index in [0.717, 1.165) is 71.1 Å². The van der Waals surface area contributed by atoms with Crippen molar-refractivity contribution in [1.82, 2.24) is 29.9 Å². The second-order valence-corrected chi connectivity index (χ2v) is 32.7. The van der Waals surface area contributed by atoms with Crippen LogP contribution in [0.4, 0.5) is 0 Å². The molecule has 3 aliphatic heterocycles. The monoisotopic (exact) mass is 1570 g/mol. The standard InChI is InChI=1S/C47H28N4S.C32H26BNO2S.C21H14BrN3/c48-29-30-23-25-35-36-26-24-33(28-41(36)47(40(35)27-30)38-19-9-11-21-42(38)52-43-22-12-10-20-39(43)47)34-17-7-8-18-37(34)46-50-44(31-13-3-1-4-14-31)49-45(51-46)32-15-5-2-6-16-32;1-30(2)31(3,4)36-33(35-30)21-14-16-23-22-15-13-20(19-34)17-26(22)32(27(23)18-21)24-9-5-7-11-28(24)37-29-12-8-6-10-25(29)32;22-18-14-8-7-13-17(18)21-24-19(15-9-3-1-4-10-15)23-20(25-21)16-11-5-2-6-12-16/h1-28H;5-18H,1-4H3;1-14H. The highest BCUT2D eigenvalue weighted by atomic mass is 79.9. The highest BCUT2D eigenvalue weighted by molar-refractivity contribution is 9.10. The molecule has 2 spiro atoms. The Morgan fingerprint density at radius 3 is 0.982 bits per heavy atom. The first kappa shape index (κ1) is 71.6. The largest absolute Gasteiger partial charge is 0.494 e. The molecule has 21 rings (SSSR count). The summed E-state index contributed by atoms with van der Waals surface area (Å²) in [6.45, 7) is 8.36. The Hall–Kier alpha value is -12.8. The van der Waals surface area contributed by atoms with E-state index < -0.39 is 29.2 Å². The quantitative estimate of drug-likeness (QED) is 0.134. The van der Waals surface area contributed by atoms with Gasteiger partial charge in [-0.1, -0.05) is 319 Å². The molecule has 0 N–H and O–H groups in total. The van der Waals surface area contributed by atoms with Crippen LogP contribution in [0.1, 0.15) is 83.3 Å². The van der Waals surface area contributed by atoms with Crippen molar-refractivity contribution in [3.63, 3.8) is 0 Å². The molecule has 0 amide bonds. The molecule has 0 bridgehead atoms. The summed E-state index contributed by atoms with van der Waals surface area (Å²) in [5.74, 6) is 3.86. The van der Waals surface area contributed by atoms with Crippen LogP contribution in [0, 0.1) is 22.7 Å². The number of benzene rings is 14. The Bertz CT molecular complexity index is 6370. The zero-order valence-electron chi connectivity index (χ0n) is 62.5. The molecule has 0 atom stereocenters. The number of aromatic nitrogens is 6. The zero-order chi connectivity index (χ0) is 77.3. The van der Waals surface area contributed by atoms with Crippen LogP contribution >= 0.6 is 39.5 Å². The third-order valence-corrected chi connectivity index (χ3v) is 25.7. The number of fused-ring (bicyclic) bond motifs is 18. The zero-order valence-corrected chi connectivity index (χ0v) is 65.7. The van der Waals surface area contributed by atoms with Gasteiger partial charge in [0.1, 0.15) is 0 Å². The van der Waals surface area contributed by atoms with Gasteiger partial charge in [-0.2, -0.15) is 10.5 Å². The van der Waals surface area contributed by atoms with Gasteiger partial charge in [0.15, 0.2) is 34.9 Å². The van der Waals surface area contributed by atoms with Crippen molar-refractivity contribution in [2.75, 3.05) is 0 Å². The van der Waals surface area contributed by atoms with Crippen LogP contribution in [0.2, 0.25) is 0 Å². The number of nitriles is 2. The smallest absolute Gasteiger partial charge is 0.399 e. The summed E-state index contributed by atoms with van der Waals surface area (Å²) < 4.78 is 13.9. The van der Waals surface area contributed by atoms with Crippen molar-refractivity contribution in [2.24, 2.45) is 0 Å². The van der Waals surface area contributed by atoms with Crippen molar-refractivity contribution >= 4 is 52.0 Å². The van der Waals surface area contributed by atoms with Gasteiger partial charge in [-0.05, 0) is 172 Å². The van der Waals surface area contributed by atoms with E-state index in [-0.39, 0.29) is 0 Å². The number of rotatable bonds is 8. The van der Waals surface area contributed by atoms with E-state index in [2.05, 4.69) is 232 Å². The Morgan fingerprint density at radius 1 is 0.281 bits per heavy atom. The summed E-state index contributed by atoms with van der Waals surface area (Å²) in [4.78, 5) is 34.2. The van der Waals surface area contributed by atoms with Crippen LogP contribution < -0.4 is 5.46 Å². The molecule has 0 saturated carbocycles. The lowest BCUT2D eigenvalue weighted by Gasteiger charge is -2.39. The first-order valence-electron chi connectivity index (χ1n) is 37.9. The predicted octanol–water partition coefficient (Wildman–Crippen LogP) is 23.6. The fourth-order valence-corrected chi connectivity index (χ4v) is 19.5. The maximum atomic E-state index is 10.1. The van der Waals surface area contributed by atoms with Gasteiger partial charge in [0, 0.05) is 57.4 Å². The minimum atomic E-state index is -0.602. The Labute approximate surface area is 679 Å². The lowest BCUT2D eigenvalue weighted by Crippen LogP contribution is -2.41. The molecule has 0 unspecified atom stereocenters. The molecule has 0 radical (unpaired) electrons. The highest BCUT2D eigenvalue weighted by Gasteiger charge is 2.55. The van der Waals surface area contributed by atoms with Gasteiger partial charge in [-0.25, -0.2) is 29.9 Å². The maximum absolute atomic E-state index is 10.1. The van der Waals surface area contributed by atoms with E-state index in [1.54, 1.807) is 0 Å². The molecular formula is C100H68BBrN8O2S2. The average molecular weight is 1570 g/mol. The second-order valence-electron chi connectivity index (χ2n) is 29.7. The topological polar surface area (TPSA) is 143 Å². The van der Waals surface area contributed by atoms with Gasteiger partial charge in [-0.15, -0.1) is 0 Å². The van der Waals surface area contributed by atoms with Gasteiger partial charge < -0.3 is 9.31 Å². The van der Waals surface area contributed by atoms with Gasteiger partial charge >= 0.3 is 7.12 Å². The lowest BCUT2D eigenvalue weighted by molar-refractivity contribution is 0.00578. The predicted molar refractivity (Wildman–Crippen MR) is 460 cm³/mol. The SMILES string of the molecule is Brc1ccccc1-c1nc(-c2ccccc2)nc(-c2ccccc2)n1.CC1(C)OB(c2ccc3c(c2)C2(c4ccccc4Sc4ccccc42)c2cc(C#N)ccc2-3)OC1(C)C.N#Cc1ccc2c(c1)C1(c3ccccc3Sc3ccccc31)c1cc(-c3ccccc3-c3nc(-c4ccccc4)nc(-c4ccccc4)n3)ccc1-2. The van der Waals surface area contributed by atoms with Crippen molar-refractivity contribution in [2.45, 2.75) is 69.3 Å². The second kappa shape index (κ2) is 29.1. The summed E-state index contributed by atoms with van der Waals surface area (Å²) in [6, 6.07) is 122. The third kappa shape index (κ3) is 12.2. The first-order valence-corrected chi connectivity index (χ1v) is 40.3. The van der Waals surface area contributed by atoms with E-state index in [1.165, 1.54) is 69.7 Å². The molecule has 14 aromatic carbocycles. The molecule has 16 aromatic rings. The van der Waals surface area contributed by atoms with Crippen LogP contribution in [0.3, 0.4) is 0 Å². The number of halogens is 1. The molecule has 114 heavy (non-hydrogen) atoms. The molecule has 5 heterocycles. The third-order valence-electron chi connectivity index (χ3n) is 22.7. The Morgan fingerprint density at radius 2 is 0.588 bits per heavy atom. The Kier molecular flexibility index (Phi) is 18.3. The summed E-state index contributed by atoms with van der Waals surface area (Å²) in [7, 11) is -0.450. The minimum Gasteiger partial charge on any atom is -0.399 e. The molecule has 2 aliphatic carbocycles. The van der Waals surface area contributed by atoms with Crippen LogP contribution in [-0.2, 0) is 20.1 Å². The number of nitrogens with zero attached hydrogens (tertiary/aromatic N) is 8. The van der Waals surface area contributed by atoms with E-state index in [0.29, 0.717) is 46.1 Å². The fraction of sp³-hybridized carbons (Fsp3) is 0.0800. The van der Waals surface area contributed by atoms with Crippen molar-refractivity contribution in [3.8, 4) is 114 Å². The maximum Gasteiger partial charge on any atom is 0.494 e. The van der Waals surface area contributed by atoms with Crippen LogP contribution in [-0.4, -0.2) is 48.2 Å². The van der Waals surface area contributed by atoms with Crippen molar-refractivity contribution in [1.29, 1.82) is 10.5 Å². The molecule has 14 heteroatoms.